The Morgan fingerprint density at radius 2 is 1.69 bits per heavy atom. The van der Waals surface area contributed by atoms with Crippen molar-refractivity contribution in [2.45, 2.75) is 52.4 Å². The van der Waals surface area contributed by atoms with Crippen molar-refractivity contribution in [1.29, 1.82) is 0 Å². The zero-order chi connectivity index (χ0) is 10.2. The topological polar surface area (TPSA) is 0 Å². The van der Waals surface area contributed by atoms with Crippen LogP contribution in [0.15, 0.2) is 20.5 Å². The van der Waals surface area contributed by atoms with Crippen LogP contribution < -0.4 is 24.8 Å². The molecule has 1 fully saturated rings. The van der Waals surface area contributed by atoms with E-state index in [-0.39, 0.29) is 24.8 Å². The van der Waals surface area contributed by atoms with Crippen LogP contribution in [0.5, 0.6) is 0 Å². The molecule has 0 nitrogen and oxygen atoms in total. The summed E-state index contributed by atoms with van der Waals surface area (Å²) in [7, 11) is 0. The number of rotatable bonds is 1. The number of allylic oxidation sites excluding steroid dienone is 4. The molecule has 0 radical (unpaired) electrons. The smallest absolute Gasteiger partial charge is 1.00 e. The van der Waals surface area contributed by atoms with Crippen molar-refractivity contribution in [3.8, 4) is 0 Å². The van der Waals surface area contributed by atoms with E-state index in [1.165, 1.54) is 38.5 Å². The quantitative estimate of drug-likeness (QED) is 0.525. The van der Waals surface area contributed by atoms with Gasteiger partial charge in [-0.1, -0.05) is 0 Å². The van der Waals surface area contributed by atoms with Gasteiger partial charge in [-0.25, -0.2) is 0 Å². The Morgan fingerprint density at radius 3 is 2.12 bits per heavy atom. The van der Waals surface area contributed by atoms with Crippen LogP contribution in [0.1, 0.15) is 52.4 Å². The third-order valence-corrected chi connectivity index (χ3v) is 5.63. The number of halogens is 2. The Hall–Kier alpha value is 0.943. The van der Waals surface area contributed by atoms with Gasteiger partial charge in [0, 0.05) is 0 Å². The average Bonchev–Trinajstić information content (AvgIpc) is 2.49. The van der Waals surface area contributed by atoms with E-state index >= 15 is 0 Å². The summed E-state index contributed by atoms with van der Waals surface area (Å²) in [5.74, 6) is 0. The van der Waals surface area contributed by atoms with Gasteiger partial charge in [-0.3, -0.25) is 0 Å². The van der Waals surface area contributed by atoms with Gasteiger partial charge in [-0.2, -0.15) is 0 Å². The predicted molar refractivity (Wildman–Crippen MR) is 56.6 cm³/mol. The second kappa shape index (κ2) is 6.76. The van der Waals surface area contributed by atoms with E-state index in [1.807, 2.05) is 0 Å². The number of hydrogen-bond donors (Lipinski definition) is 0. The Kier molecular flexibility index (Phi) is 7.16. The van der Waals surface area contributed by atoms with Crippen molar-refractivity contribution in [3.05, 3.63) is 20.5 Å². The minimum Gasteiger partial charge on any atom is -1.00 e. The van der Waals surface area contributed by atoms with Gasteiger partial charge in [0.15, 0.2) is 0 Å². The van der Waals surface area contributed by atoms with Gasteiger partial charge in [-0.05, 0) is 0 Å². The molecule has 2 rings (SSSR count). The second-order valence-electron chi connectivity index (χ2n) is 5.10. The Labute approximate surface area is 127 Å². The van der Waals surface area contributed by atoms with Crippen molar-refractivity contribution in [2.24, 2.45) is 5.41 Å². The van der Waals surface area contributed by atoms with Gasteiger partial charge in [0.1, 0.15) is 0 Å². The van der Waals surface area contributed by atoms with Gasteiger partial charge >= 0.3 is 103 Å². The van der Waals surface area contributed by atoms with Gasteiger partial charge in [-0.15, -0.1) is 0 Å². The molecule has 0 aliphatic heterocycles. The molecule has 2 aliphatic carbocycles. The van der Waals surface area contributed by atoms with Crippen LogP contribution in [0, 0.1) is 5.41 Å². The molecule has 2 aliphatic rings. The molecule has 0 saturated heterocycles. The normalized spacial score (nSPS) is 23.4. The van der Waals surface area contributed by atoms with E-state index in [4.69, 9.17) is 0 Å². The first-order valence-electron chi connectivity index (χ1n) is 5.76. The summed E-state index contributed by atoms with van der Waals surface area (Å²) >= 11 is 1.62. The fraction of sp³-hybridized carbons (Fsp3) is 0.692. The second-order valence-corrected chi connectivity index (χ2v) is 6.33. The summed E-state index contributed by atoms with van der Waals surface area (Å²) in [6.07, 6.45) is 10.9. The van der Waals surface area contributed by atoms with Crippen molar-refractivity contribution in [1.82, 2.24) is 0 Å². The maximum absolute atomic E-state index is 2.50. The predicted octanol–water partition coefficient (Wildman–Crippen LogP) is -1.88. The van der Waals surface area contributed by atoms with Gasteiger partial charge in [0.2, 0.25) is 0 Å². The molecule has 1 saturated carbocycles. The van der Waals surface area contributed by atoms with E-state index in [0.29, 0.717) is 5.41 Å². The molecular formula is C13H19Cl2Zr. The maximum atomic E-state index is 2.50. The average molecular weight is 337 g/mol. The van der Waals surface area contributed by atoms with E-state index in [1.54, 1.807) is 39.1 Å². The number of hydrogen-bond acceptors (Lipinski definition) is 0. The minimum absolute atomic E-state index is 0. The third kappa shape index (κ3) is 3.24. The Bertz CT molecular complexity index is 299. The fourth-order valence-electron chi connectivity index (χ4n) is 2.84. The van der Waals surface area contributed by atoms with Gasteiger partial charge in [0.05, 0.1) is 0 Å². The van der Waals surface area contributed by atoms with Crippen molar-refractivity contribution >= 4 is 0 Å². The SMILES string of the molecule is CC1=[C]([Zr+2])C(C2(C)CCCCC2)=CC1.[Cl-].[Cl-]. The van der Waals surface area contributed by atoms with Crippen LogP contribution in [0.2, 0.25) is 0 Å². The minimum atomic E-state index is 0. The van der Waals surface area contributed by atoms with Crippen LogP contribution in [-0.4, -0.2) is 0 Å². The molecule has 0 unspecified atom stereocenters. The molecule has 0 bridgehead atoms. The van der Waals surface area contributed by atoms with E-state index in [9.17, 15) is 0 Å². The first-order chi connectivity index (χ1) is 6.63. The summed E-state index contributed by atoms with van der Waals surface area (Å²) < 4.78 is 1.68. The van der Waals surface area contributed by atoms with Gasteiger partial charge < -0.3 is 24.8 Å². The van der Waals surface area contributed by atoms with E-state index in [2.05, 4.69) is 19.9 Å². The summed E-state index contributed by atoms with van der Waals surface area (Å²) in [6.45, 7) is 4.79. The van der Waals surface area contributed by atoms with Gasteiger partial charge in [0.25, 0.3) is 0 Å². The maximum Gasteiger partial charge on any atom is -1.00 e. The zero-order valence-electron chi connectivity index (χ0n) is 10.1. The molecule has 0 N–H and O–H groups in total. The molecule has 3 heteroatoms. The molecule has 0 atom stereocenters. The first-order valence-corrected chi connectivity index (χ1v) is 6.99. The Balaban J connectivity index is 0.00000112. The summed E-state index contributed by atoms with van der Waals surface area (Å²) in [5, 5.41) is 0. The van der Waals surface area contributed by atoms with Crippen molar-refractivity contribution < 1.29 is 49.5 Å². The first kappa shape index (κ1) is 16.9. The van der Waals surface area contributed by atoms with Crippen LogP contribution in [0.4, 0.5) is 0 Å². The summed E-state index contributed by atoms with van der Waals surface area (Å²) in [4.78, 5) is 0. The molecule has 0 aromatic rings. The zero-order valence-corrected chi connectivity index (χ0v) is 14.0. The fourth-order valence-corrected chi connectivity index (χ4v) is 4.08. The van der Waals surface area contributed by atoms with Crippen LogP contribution in [-0.2, 0) is 24.7 Å². The van der Waals surface area contributed by atoms with E-state index < -0.39 is 0 Å². The largest absolute Gasteiger partial charge is 1.00 e. The van der Waals surface area contributed by atoms with Crippen molar-refractivity contribution in [2.75, 3.05) is 0 Å². The summed E-state index contributed by atoms with van der Waals surface area (Å²) in [5.41, 5.74) is 3.88. The molecule has 0 aromatic carbocycles. The molecule has 89 valence electrons. The van der Waals surface area contributed by atoms with Crippen LogP contribution in [0.3, 0.4) is 0 Å². The molecule has 0 spiro atoms. The molecule has 0 aromatic heterocycles. The monoisotopic (exact) mass is 335 g/mol. The summed E-state index contributed by atoms with van der Waals surface area (Å²) in [6, 6.07) is 0. The third-order valence-electron chi connectivity index (χ3n) is 3.92. The molecule has 0 heterocycles. The molecule has 0 amide bonds. The van der Waals surface area contributed by atoms with Crippen LogP contribution >= 0.6 is 0 Å². The molecule has 16 heavy (non-hydrogen) atoms. The Morgan fingerprint density at radius 1 is 1.12 bits per heavy atom. The van der Waals surface area contributed by atoms with Crippen LogP contribution in [0.25, 0.3) is 0 Å². The van der Waals surface area contributed by atoms with Crippen molar-refractivity contribution in [3.63, 3.8) is 0 Å². The molecular weight excluding hydrogens is 318 g/mol. The van der Waals surface area contributed by atoms with E-state index in [0.717, 1.165) is 0 Å². The standard InChI is InChI=1S/C13H19.2ClH.Zr/c1-11-6-7-12(10-11)13(2)8-4-3-5-9-13;;;/h7H,3-6,8-9H2,1-2H3;2*1H;/q;;;+2/p-2.